The average Bonchev–Trinajstić information content (AvgIpc) is 3.15. The van der Waals surface area contributed by atoms with Crippen molar-refractivity contribution >= 4 is 44.0 Å². The van der Waals surface area contributed by atoms with E-state index in [1.807, 2.05) is 36.4 Å². The van der Waals surface area contributed by atoms with Crippen molar-refractivity contribution in [1.29, 1.82) is 0 Å². The van der Waals surface area contributed by atoms with Gasteiger partial charge in [0.2, 0.25) is 0 Å². The van der Waals surface area contributed by atoms with E-state index < -0.39 is 9.84 Å². The highest BCUT2D eigenvalue weighted by Gasteiger charge is 2.42. The van der Waals surface area contributed by atoms with Gasteiger partial charge in [-0.2, -0.15) is 0 Å². The molecule has 2 N–H and O–H groups in total. The minimum atomic E-state index is -2.95. The molecule has 2 heterocycles. The van der Waals surface area contributed by atoms with E-state index in [0.29, 0.717) is 5.56 Å². The lowest BCUT2D eigenvalue weighted by molar-refractivity contribution is 0.102. The van der Waals surface area contributed by atoms with Gasteiger partial charge in [-0.25, -0.2) is 8.42 Å². The molecular weight excluding hydrogens is 394 g/mol. The van der Waals surface area contributed by atoms with Crippen molar-refractivity contribution in [3.8, 4) is 0 Å². The molecule has 2 aliphatic rings. The van der Waals surface area contributed by atoms with Crippen LogP contribution in [0.15, 0.2) is 53.5 Å². The lowest BCUT2D eigenvalue weighted by atomic mass is 10.1. The molecule has 1 fully saturated rings. The number of thioether (sulfide) groups is 1. The molecule has 0 aromatic heterocycles. The molecule has 2 aliphatic heterocycles. The highest BCUT2D eigenvalue weighted by molar-refractivity contribution is 8.15. The van der Waals surface area contributed by atoms with E-state index in [2.05, 4.69) is 22.5 Å². The molecule has 6 nitrogen and oxygen atoms in total. The molecule has 2 atom stereocenters. The Labute approximate surface area is 168 Å². The first-order chi connectivity index (χ1) is 13.4. The molecule has 1 saturated heterocycles. The number of anilines is 2. The zero-order chi connectivity index (χ0) is 19.7. The van der Waals surface area contributed by atoms with Crippen LogP contribution in [0.5, 0.6) is 0 Å². The molecule has 8 heteroatoms. The maximum absolute atomic E-state index is 12.4. The number of rotatable bonds is 4. The molecule has 0 bridgehead atoms. The first-order valence-electron chi connectivity index (χ1n) is 9.14. The highest BCUT2D eigenvalue weighted by Crippen LogP contribution is 2.34. The smallest absolute Gasteiger partial charge is 0.255 e. The molecule has 2 aromatic rings. The molecule has 4 rings (SSSR count). The van der Waals surface area contributed by atoms with Gasteiger partial charge in [-0.05, 0) is 48.4 Å². The number of carbonyl (C=O) groups excluding carboxylic acids is 1. The quantitative estimate of drug-likeness (QED) is 0.801. The number of nitrogens with one attached hydrogen (secondary N) is 2. The minimum Gasteiger partial charge on any atom is -0.335 e. The number of amides is 1. The summed E-state index contributed by atoms with van der Waals surface area (Å²) in [6.45, 7) is 2.08. The molecule has 146 valence electrons. The summed E-state index contributed by atoms with van der Waals surface area (Å²) in [5.41, 5.74) is 3.34. The third-order valence-corrected chi connectivity index (χ3v) is 7.95. The van der Waals surface area contributed by atoms with Crippen molar-refractivity contribution in [2.24, 2.45) is 4.99 Å². The Morgan fingerprint density at radius 3 is 2.64 bits per heavy atom. The Kier molecular flexibility index (Phi) is 5.16. The van der Waals surface area contributed by atoms with Crippen molar-refractivity contribution in [3.63, 3.8) is 0 Å². The number of nitrogens with zero attached hydrogens (tertiary/aromatic N) is 1. The number of sulfone groups is 1. The summed E-state index contributed by atoms with van der Waals surface area (Å²) in [6.07, 6.45) is 0.916. The fourth-order valence-corrected chi connectivity index (χ4v) is 6.99. The number of benzene rings is 2. The normalized spacial score (nSPS) is 22.4. The predicted octanol–water partition coefficient (Wildman–Crippen LogP) is 3.18. The standard InChI is InChI=1S/C20H21N3O3S2/c1-2-13-4-3-5-16(10-13)21-19(24)14-6-8-15(9-7-14)22-20-23-17-11-28(25,26)12-18(17)27-20/h3-10,17-18H,2,11-12H2,1H3,(H,21,24)(H,22,23)/t17-,18+/m0/s1. The molecule has 28 heavy (non-hydrogen) atoms. The van der Waals surface area contributed by atoms with Crippen LogP contribution in [-0.2, 0) is 16.3 Å². The SMILES string of the molecule is CCc1cccc(NC(=O)c2ccc(NC3=N[C@H]4CS(=O)(=O)C[C@H]4S3)cc2)c1. The van der Waals surface area contributed by atoms with E-state index in [-0.39, 0.29) is 28.7 Å². The second-order valence-electron chi connectivity index (χ2n) is 6.95. The van der Waals surface area contributed by atoms with Gasteiger partial charge in [0.05, 0.1) is 17.5 Å². The Balaban J connectivity index is 1.38. The van der Waals surface area contributed by atoms with Gasteiger partial charge in [0, 0.05) is 22.2 Å². The lowest BCUT2D eigenvalue weighted by Crippen LogP contribution is -2.13. The maximum atomic E-state index is 12.4. The molecule has 1 amide bonds. The van der Waals surface area contributed by atoms with Crippen LogP contribution in [0, 0.1) is 0 Å². The van der Waals surface area contributed by atoms with Crippen LogP contribution in [0.2, 0.25) is 0 Å². The van der Waals surface area contributed by atoms with Crippen LogP contribution in [0.25, 0.3) is 0 Å². The van der Waals surface area contributed by atoms with E-state index in [0.717, 1.165) is 23.0 Å². The molecule has 0 saturated carbocycles. The summed E-state index contributed by atoms with van der Waals surface area (Å²) in [7, 11) is -2.95. The van der Waals surface area contributed by atoms with E-state index in [4.69, 9.17) is 0 Å². The summed E-state index contributed by atoms with van der Waals surface area (Å²) in [4.78, 5) is 16.9. The lowest BCUT2D eigenvalue weighted by Gasteiger charge is -2.09. The van der Waals surface area contributed by atoms with Crippen molar-refractivity contribution in [2.75, 3.05) is 22.1 Å². The first kappa shape index (κ1) is 19.0. The maximum Gasteiger partial charge on any atom is 0.255 e. The van der Waals surface area contributed by atoms with Gasteiger partial charge >= 0.3 is 0 Å². The van der Waals surface area contributed by atoms with E-state index >= 15 is 0 Å². The van der Waals surface area contributed by atoms with Gasteiger partial charge in [0.1, 0.15) is 0 Å². The van der Waals surface area contributed by atoms with Crippen LogP contribution >= 0.6 is 11.8 Å². The molecular formula is C20H21N3O3S2. The predicted molar refractivity (Wildman–Crippen MR) is 115 cm³/mol. The van der Waals surface area contributed by atoms with Gasteiger partial charge in [0.25, 0.3) is 5.91 Å². The fraction of sp³-hybridized carbons (Fsp3) is 0.300. The zero-order valence-electron chi connectivity index (χ0n) is 15.4. The van der Waals surface area contributed by atoms with Crippen molar-refractivity contribution in [1.82, 2.24) is 0 Å². The number of aryl methyl sites for hydroxylation is 1. The van der Waals surface area contributed by atoms with Crippen LogP contribution in [0.1, 0.15) is 22.8 Å². The Hall–Kier alpha value is -2.32. The van der Waals surface area contributed by atoms with E-state index in [1.54, 1.807) is 12.1 Å². The highest BCUT2D eigenvalue weighted by atomic mass is 32.2. The van der Waals surface area contributed by atoms with E-state index in [9.17, 15) is 13.2 Å². The topological polar surface area (TPSA) is 87.6 Å². The Morgan fingerprint density at radius 1 is 1.14 bits per heavy atom. The third kappa shape index (κ3) is 4.23. The van der Waals surface area contributed by atoms with Gasteiger partial charge < -0.3 is 10.6 Å². The molecule has 0 aliphatic carbocycles. The Bertz CT molecular complexity index is 1030. The summed E-state index contributed by atoms with van der Waals surface area (Å²) in [5, 5.41) is 6.88. The minimum absolute atomic E-state index is 0.0106. The fourth-order valence-electron chi connectivity index (χ4n) is 3.32. The van der Waals surface area contributed by atoms with Gasteiger partial charge in [-0.3, -0.25) is 9.79 Å². The second-order valence-corrected chi connectivity index (χ2v) is 10.3. The monoisotopic (exact) mass is 415 g/mol. The summed E-state index contributed by atoms with van der Waals surface area (Å²) in [6, 6.07) is 14.8. The van der Waals surface area contributed by atoms with Crippen LogP contribution in [0.4, 0.5) is 11.4 Å². The number of hydrogen-bond acceptors (Lipinski definition) is 6. The Morgan fingerprint density at radius 2 is 1.93 bits per heavy atom. The largest absolute Gasteiger partial charge is 0.335 e. The number of fused-ring (bicyclic) bond motifs is 1. The van der Waals surface area contributed by atoms with Gasteiger partial charge in [-0.15, -0.1) is 0 Å². The van der Waals surface area contributed by atoms with Crippen molar-refractivity contribution < 1.29 is 13.2 Å². The first-order valence-corrected chi connectivity index (χ1v) is 11.8. The van der Waals surface area contributed by atoms with Crippen LogP contribution in [0.3, 0.4) is 0 Å². The number of carbonyl (C=O) groups is 1. The van der Waals surface area contributed by atoms with Crippen molar-refractivity contribution in [3.05, 3.63) is 59.7 Å². The number of aliphatic imine (C=N–C) groups is 1. The van der Waals surface area contributed by atoms with Crippen LogP contribution < -0.4 is 10.6 Å². The van der Waals surface area contributed by atoms with Gasteiger partial charge in [0.15, 0.2) is 15.0 Å². The number of hydrogen-bond donors (Lipinski definition) is 2. The molecule has 2 aromatic carbocycles. The second kappa shape index (κ2) is 7.60. The molecule has 0 spiro atoms. The zero-order valence-corrected chi connectivity index (χ0v) is 17.0. The summed E-state index contributed by atoms with van der Waals surface area (Å²) >= 11 is 1.47. The van der Waals surface area contributed by atoms with Crippen LogP contribution in [-0.4, -0.2) is 42.3 Å². The summed E-state index contributed by atoms with van der Waals surface area (Å²) < 4.78 is 23.3. The van der Waals surface area contributed by atoms with E-state index in [1.165, 1.54) is 17.3 Å². The molecule has 0 radical (unpaired) electrons. The molecule has 0 unspecified atom stereocenters. The van der Waals surface area contributed by atoms with Gasteiger partial charge in [-0.1, -0.05) is 30.8 Å². The summed E-state index contributed by atoms with van der Waals surface area (Å²) in [5.74, 6) is 0.163. The van der Waals surface area contributed by atoms with Crippen molar-refractivity contribution in [2.45, 2.75) is 24.6 Å². The third-order valence-electron chi connectivity index (χ3n) is 4.81. The number of amidine groups is 1. The average molecular weight is 416 g/mol.